The number of aryl methyl sites for hydroxylation is 1. The van der Waals surface area contributed by atoms with Crippen LogP contribution in [-0.2, 0) is 10.2 Å². The van der Waals surface area contributed by atoms with Crippen molar-refractivity contribution in [3.8, 4) is 0 Å². The van der Waals surface area contributed by atoms with Gasteiger partial charge in [-0.1, -0.05) is 26.0 Å². The van der Waals surface area contributed by atoms with Crippen LogP contribution in [0.4, 0.5) is 5.69 Å². The van der Waals surface area contributed by atoms with E-state index in [0.717, 1.165) is 11.1 Å². The number of hydrogen-bond acceptors (Lipinski definition) is 2. The Hall–Kier alpha value is -1.51. The number of hydrogen-bond donors (Lipinski definition) is 2. The zero-order valence-corrected chi connectivity index (χ0v) is 9.37. The van der Waals surface area contributed by atoms with E-state index in [9.17, 15) is 4.79 Å². The molecule has 0 heterocycles. The zero-order valence-electron chi connectivity index (χ0n) is 9.37. The van der Waals surface area contributed by atoms with Crippen molar-refractivity contribution in [2.45, 2.75) is 32.6 Å². The summed E-state index contributed by atoms with van der Waals surface area (Å²) >= 11 is 0. The lowest BCUT2D eigenvalue weighted by atomic mass is 9.81. The van der Waals surface area contributed by atoms with E-state index in [1.165, 1.54) is 0 Å². The van der Waals surface area contributed by atoms with Crippen molar-refractivity contribution in [1.82, 2.24) is 0 Å². The molecule has 0 fully saturated rings. The second-order valence-electron chi connectivity index (χ2n) is 4.53. The molecule has 0 aliphatic heterocycles. The van der Waals surface area contributed by atoms with Crippen LogP contribution in [0.25, 0.3) is 0 Å². The Morgan fingerprint density at radius 2 is 2.07 bits per heavy atom. The van der Waals surface area contributed by atoms with Crippen LogP contribution >= 0.6 is 0 Å². The van der Waals surface area contributed by atoms with Gasteiger partial charge in [-0.3, -0.25) is 4.79 Å². The van der Waals surface area contributed by atoms with Crippen molar-refractivity contribution in [1.29, 1.82) is 0 Å². The average molecular weight is 207 g/mol. The van der Waals surface area contributed by atoms with Gasteiger partial charge in [-0.2, -0.15) is 0 Å². The van der Waals surface area contributed by atoms with E-state index >= 15 is 0 Å². The van der Waals surface area contributed by atoms with Crippen molar-refractivity contribution < 1.29 is 9.90 Å². The van der Waals surface area contributed by atoms with Gasteiger partial charge in [0.1, 0.15) is 0 Å². The molecule has 3 heteroatoms. The van der Waals surface area contributed by atoms with Gasteiger partial charge in [-0.05, 0) is 24.1 Å². The topological polar surface area (TPSA) is 63.3 Å². The Kier molecular flexibility index (Phi) is 3.03. The molecule has 0 bridgehead atoms. The summed E-state index contributed by atoms with van der Waals surface area (Å²) in [5.74, 6) is -0.792. The molecule has 1 aromatic carbocycles. The van der Waals surface area contributed by atoms with Gasteiger partial charge in [0, 0.05) is 11.1 Å². The summed E-state index contributed by atoms with van der Waals surface area (Å²) in [7, 11) is 0. The fraction of sp³-hybridized carbons (Fsp3) is 0.417. The summed E-state index contributed by atoms with van der Waals surface area (Å²) in [4.78, 5) is 10.7. The summed E-state index contributed by atoms with van der Waals surface area (Å²) in [5.41, 5.74) is 8.12. The maximum absolute atomic E-state index is 10.7. The quantitative estimate of drug-likeness (QED) is 0.748. The summed E-state index contributed by atoms with van der Waals surface area (Å²) in [6, 6.07) is 5.72. The summed E-state index contributed by atoms with van der Waals surface area (Å²) in [6.45, 7) is 5.75. The molecular weight excluding hydrogens is 190 g/mol. The van der Waals surface area contributed by atoms with Crippen LogP contribution in [0.2, 0.25) is 0 Å². The van der Waals surface area contributed by atoms with Crippen LogP contribution in [0.5, 0.6) is 0 Å². The maximum Gasteiger partial charge on any atom is 0.304 e. The number of benzene rings is 1. The number of nitrogen functional groups attached to an aromatic ring is 1. The van der Waals surface area contributed by atoms with Crippen molar-refractivity contribution >= 4 is 11.7 Å². The first-order valence-electron chi connectivity index (χ1n) is 4.91. The molecule has 1 rings (SSSR count). The Bertz CT molecular complexity index is 383. The van der Waals surface area contributed by atoms with Gasteiger partial charge in [0.25, 0.3) is 0 Å². The maximum atomic E-state index is 10.7. The third kappa shape index (κ3) is 2.72. The van der Waals surface area contributed by atoms with E-state index < -0.39 is 5.97 Å². The van der Waals surface area contributed by atoms with Gasteiger partial charge < -0.3 is 10.8 Å². The van der Waals surface area contributed by atoms with Gasteiger partial charge in [-0.15, -0.1) is 0 Å². The molecule has 0 saturated carbocycles. The van der Waals surface area contributed by atoms with Crippen LogP contribution in [0.3, 0.4) is 0 Å². The molecule has 15 heavy (non-hydrogen) atoms. The molecule has 0 radical (unpaired) electrons. The molecule has 0 atom stereocenters. The van der Waals surface area contributed by atoms with E-state index in [4.69, 9.17) is 10.8 Å². The minimum absolute atomic E-state index is 0.107. The molecule has 3 nitrogen and oxygen atoms in total. The summed E-state index contributed by atoms with van der Waals surface area (Å²) in [6.07, 6.45) is 0.107. The predicted octanol–water partition coefficient (Wildman–Crippen LogP) is 2.33. The lowest BCUT2D eigenvalue weighted by molar-refractivity contribution is -0.138. The van der Waals surface area contributed by atoms with Crippen LogP contribution < -0.4 is 5.73 Å². The first-order valence-corrected chi connectivity index (χ1v) is 4.91. The van der Waals surface area contributed by atoms with Gasteiger partial charge in [0.2, 0.25) is 0 Å². The fourth-order valence-electron chi connectivity index (χ4n) is 1.54. The second-order valence-corrected chi connectivity index (χ2v) is 4.53. The summed E-state index contributed by atoms with van der Waals surface area (Å²) in [5, 5.41) is 8.80. The minimum Gasteiger partial charge on any atom is -0.481 e. The van der Waals surface area contributed by atoms with Crippen LogP contribution in [0, 0.1) is 6.92 Å². The van der Waals surface area contributed by atoms with E-state index in [0.29, 0.717) is 5.69 Å². The largest absolute Gasteiger partial charge is 0.481 e. The van der Waals surface area contributed by atoms with E-state index in [1.54, 1.807) is 0 Å². The van der Waals surface area contributed by atoms with Gasteiger partial charge in [0.15, 0.2) is 0 Å². The number of rotatable bonds is 3. The number of carboxylic acids is 1. The van der Waals surface area contributed by atoms with E-state index in [2.05, 4.69) is 0 Å². The Morgan fingerprint density at radius 1 is 1.47 bits per heavy atom. The molecule has 0 aliphatic rings. The molecule has 82 valence electrons. The van der Waals surface area contributed by atoms with Gasteiger partial charge in [0.05, 0.1) is 6.42 Å². The van der Waals surface area contributed by atoms with Crippen molar-refractivity contribution in [2.75, 3.05) is 5.73 Å². The second kappa shape index (κ2) is 3.93. The van der Waals surface area contributed by atoms with E-state index in [-0.39, 0.29) is 11.8 Å². The highest BCUT2D eigenvalue weighted by Gasteiger charge is 2.24. The Labute approximate surface area is 89.9 Å². The SMILES string of the molecule is Cc1ccc(C(C)(C)CC(=O)O)cc1N. The zero-order chi connectivity index (χ0) is 11.6. The predicted molar refractivity (Wildman–Crippen MR) is 60.9 cm³/mol. The van der Waals surface area contributed by atoms with Crippen LogP contribution in [0.1, 0.15) is 31.4 Å². The standard InChI is InChI=1S/C12H17NO2/c1-8-4-5-9(6-10(8)13)12(2,3)7-11(14)15/h4-6H,7,13H2,1-3H3,(H,14,15). The Morgan fingerprint density at radius 3 is 2.53 bits per heavy atom. The van der Waals surface area contributed by atoms with Crippen molar-refractivity contribution in [3.63, 3.8) is 0 Å². The molecule has 0 amide bonds. The highest BCUT2D eigenvalue weighted by Crippen LogP contribution is 2.29. The number of anilines is 1. The third-order valence-electron chi connectivity index (χ3n) is 2.65. The smallest absolute Gasteiger partial charge is 0.304 e. The lowest BCUT2D eigenvalue weighted by Gasteiger charge is -2.23. The number of carboxylic acid groups (broad SMARTS) is 1. The molecular formula is C12H17NO2. The van der Waals surface area contributed by atoms with Crippen molar-refractivity contribution in [2.24, 2.45) is 0 Å². The van der Waals surface area contributed by atoms with Gasteiger partial charge in [-0.25, -0.2) is 0 Å². The fourth-order valence-corrected chi connectivity index (χ4v) is 1.54. The molecule has 0 spiro atoms. The molecule has 3 N–H and O–H groups in total. The number of nitrogens with two attached hydrogens (primary N) is 1. The average Bonchev–Trinajstić information content (AvgIpc) is 2.07. The van der Waals surface area contributed by atoms with Crippen molar-refractivity contribution in [3.05, 3.63) is 29.3 Å². The van der Waals surface area contributed by atoms with Crippen LogP contribution in [-0.4, -0.2) is 11.1 Å². The summed E-state index contributed by atoms with van der Waals surface area (Å²) < 4.78 is 0. The first-order chi connectivity index (χ1) is 6.83. The minimum atomic E-state index is -0.792. The normalized spacial score (nSPS) is 11.4. The molecule has 1 aromatic rings. The first kappa shape index (κ1) is 11.6. The molecule has 0 aromatic heterocycles. The monoisotopic (exact) mass is 207 g/mol. The third-order valence-corrected chi connectivity index (χ3v) is 2.65. The number of aliphatic carboxylic acids is 1. The molecule has 0 saturated heterocycles. The molecule has 0 aliphatic carbocycles. The van der Waals surface area contributed by atoms with Gasteiger partial charge >= 0.3 is 5.97 Å². The number of carbonyl (C=O) groups is 1. The highest BCUT2D eigenvalue weighted by atomic mass is 16.4. The molecule has 0 unspecified atom stereocenters. The van der Waals surface area contributed by atoms with Crippen LogP contribution in [0.15, 0.2) is 18.2 Å². The lowest BCUT2D eigenvalue weighted by Crippen LogP contribution is -2.21. The Balaban J connectivity index is 3.04. The highest BCUT2D eigenvalue weighted by molar-refractivity contribution is 5.69. The van der Waals surface area contributed by atoms with E-state index in [1.807, 2.05) is 39.0 Å².